The Kier molecular flexibility index (Phi) is 6.59. The fraction of sp³-hybridized carbons (Fsp3) is 0.136. The number of hydrazone groups is 1. The van der Waals surface area contributed by atoms with Crippen molar-refractivity contribution in [2.24, 2.45) is 5.10 Å². The van der Waals surface area contributed by atoms with Crippen molar-refractivity contribution in [2.45, 2.75) is 13.8 Å². The summed E-state index contributed by atoms with van der Waals surface area (Å²) in [4.78, 5) is 23.8. The third-order valence-electron chi connectivity index (χ3n) is 4.57. The molecule has 0 saturated carbocycles. The number of nitrogens with zero attached hydrogens (tertiary/aromatic N) is 2. The fourth-order valence-electron chi connectivity index (χ4n) is 3.04. The minimum Gasteiger partial charge on any atom is -0.465 e. The number of hydrogen-bond acceptors (Lipinski definition) is 4. The number of carbonyl (C=O) groups is 2. The second-order valence-electron chi connectivity index (χ2n) is 6.53. The Morgan fingerprint density at radius 1 is 1.00 bits per heavy atom. The minimum absolute atomic E-state index is 0.301. The van der Waals surface area contributed by atoms with Crippen LogP contribution in [0, 0.1) is 13.8 Å². The second kappa shape index (κ2) is 9.15. The SMILES string of the molecule is COC(=O)c1ccc(-n2c(C)cc(/C=N\NC(=O)c3ccc(Cl)c(Cl)c3)c2C)cc1. The molecule has 3 rings (SSSR count). The van der Waals surface area contributed by atoms with Gasteiger partial charge in [0.25, 0.3) is 5.91 Å². The van der Waals surface area contributed by atoms with Crippen LogP contribution in [-0.2, 0) is 4.74 Å². The lowest BCUT2D eigenvalue weighted by Crippen LogP contribution is -2.17. The Morgan fingerprint density at radius 2 is 1.67 bits per heavy atom. The van der Waals surface area contributed by atoms with Crippen molar-refractivity contribution in [3.63, 3.8) is 0 Å². The monoisotopic (exact) mass is 443 g/mol. The number of esters is 1. The van der Waals surface area contributed by atoms with Crippen molar-refractivity contribution in [1.82, 2.24) is 9.99 Å². The van der Waals surface area contributed by atoms with Gasteiger partial charge in [-0.1, -0.05) is 23.2 Å². The van der Waals surface area contributed by atoms with Crippen LogP contribution in [0.1, 0.15) is 37.7 Å². The van der Waals surface area contributed by atoms with Crippen LogP contribution in [0.5, 0.6) is 0 Å². The van der Waals surface area contributed by atoms with Gasteiger partial charge in [0, 0.05) is 28.2 Å². The van der Waals surface area contributed by atoms with E-state index in [2.05, 4.69) is 10.5 Å². The van der Waals surface area contributed by atoms with Crippen LogP contribution in [0.3, 0.4) is 0 Å². The molecule has 1 amide bonds. The van der Waals surface area contributed by atoms with E-state index < -0.39 is 5.91 Å². The Balaban J connectivity index is 1.77. The molecular weight excluding hydrogens is 425 g/mol. The average molecular weight is 444 g/mol. The number of benzene rings is 2. The van der Waals surface area contributed by atoms with Crippen molar-refractivity contribution in [1.29, 1.82) is 0 Å². The molecule has 30 heavy (non-hydrogen) atoms. The maximum atomic E-state index is 12.2. The van der Waals surface area contributed by atoms with Crippen molar-refractivity contribution < 1.29 is 14.3 Å². The Hall–Kier alpha value is -3.09. The molecule has 0 fully saturated rings. The van der Waals surface area contributed by atoms with E-state index in [-0.39, 0.29) is 5.97 Å². The van der Waals surface area contributed by atoms with E-state index in [0.29, 0.717) is 21.2 Å². The predicted molar refractivity (Wildman–Crippen MR) is 118 cm³/mol. The van der Waals surface area contributed by atoms with Crippen molar-refractivity contribution >= 4 is 41.3 Å². The lowest BCUT2D eigenvalue weighted by atomic mass is 10.2. The summed E-state index contributed by atoms with van der Waals surface area (Å²) in [6, 6.07) is 13.7. The van der Waals surface area contributed by atoms with Crippen LogP contribution >= 0.6 is 23.2 Å². The highest BCUT2D eigenvalue weighted by molar-refractivity contribution is 6.42. The Morgan fingerprint density at radius 3 is 2.30 bits per heavy atom. The molecule has 0 saturated heterocycles. The number of nitrogens with one attached hydrogen (secondary N) is 1. The van der Waals surface area contributed by atoms with E-state index in [4.69, 9.17) is 27.9 Å². The maximum Gasteiger partial charge on any atom is 0.337 e. The van der Waals surface area contributed by atoms with Gasteiger partial charge in [-0.2, -0.15) is 5.10 Å². The summed E-state index contributed by atoms with van der Waals surface area (Å²) < 4.78 is 6.76. The lowest BCUT2D eigenvalue weighted by Gasteiger charge is -2.10. The molecule has 1 N–H and O–H groups in total. The van der Waals surface area contributed by atoms with Gasteiger partial charge in [-0.15, -0.1) is 0 Å². The van der Waals surface area contributed by atoms with Gasteiger partial charge in [0.15, 0.2) is 0 Å². The van der Waals surface area contributed by atoms with Gasteiger partial charge < -0.3 is 9.30 Å². The number of methoxy groups -OCH3 is 1. The molecule has 3 aromatic rings. The molecule has 0 atom stereocenters. The molecule has 0 aliphatic rings. The maximum absolute atomic E-state index is 12.2. The quantitative estimate of drug-likeness (QED) is 0.344. The number of halogens is 2. The van der Waals surface area contributed by atoms with Crippen molar-refractivity contribution in [3.05, 3.63) is 86.7 Å². The smallest absolute Gasteiger partial charge is 0.337 e. The van der Waals surface area contributed by atoms with Crippen LogP contribution in [0.25, 0.3) is 5.69 Å². The van der Waals surface area contributed by atoms with E-state index in [0.717, 1.165) is 22.6 Å². The summed E-state index contributed by atoms with van der Waals surface area (Å²) in [6.07, 6.45) is 1.58. The number of aromatic nitrogens is 1. The molecule has 0 radical (unpaired) electrons. The summed E-state index contributed by atoms with van der Waals surface area (Å²) in [7, 11) is 1.35. The van der Waals surface area contributed by atoms with Gasteiger partial charge in [0.05, 0.1) is 28.9 Å². The number of amides is 1. The summed E-state index contributed by atoms with van der Waals surface area (Å²) in [5.74, 6) is -0.773. The second-order valence-corrected chi connectivity index (χ2v) is 7.34. The van der Waals surface area contributed by atoms with E-state index in [1.54, 1.807) is 30.5 Å². The molecule has 1 heterocycles. The number of hydrogen-bond donors (Lipinski definition) is 1. The molecule has 0 spiro atoms. The summed E-state index contributed by atoms with van der Waals surface area (Å²) in [5, 5.41) is 4.73. The predicted octanol–water partition coefficient (Wildman–Crippen LogP) is 4.95. The number of ether oxygens (including phenoxy) is 1. The van der Waals surface area contributed by atoms with Crippen LogP contribution in [-0.4, -0.2) is 29.8 Å². The van der Waals surface area contributed by atoms with Gasteiger partial charge >= 0.3 is 5.97 Å². The molecule has 154 valence electrons. The number of aryl methyl sites for hydroxylation is 1. The van der Waals surface area contributed by atoms with Crippen LogP contribution in [0.4, 0.5) is 0 Å². The van der Waals surface area contributed by atoms with E-state index >= 15 is 0 Å². The number of carbonyl (C=O) groups excluding carboxylic acids is 2. The van der Waals surface area contributed by atoms with Gasteiger partial charge in [-0.25, -0.2) is 10.2 Å². The summed E-state index contributed by atoms with van der Waals surface area (Å²) >= 11 is 11.8. The van der Waals surface area contributed by atoms with Gasteiger partial charge in [0.1, 0.15) is 0 Å². The largest absolute Gasteiger partial charge is 0.465 e. The fourth-order valence-corrected chi connectivity index (χ4v) is 3.34. The zero-order chi connectivity index (χ0) is 21.8. The third kappa shape index (κ3) is 4.56. The van der Waals surface area contributed by atoms with Crippen molar-refractivity contribution in [2.75, 3.05) is 7.11 Å². The van der Waals surface area contributed by atoms with Gasteiger partial charge in [-0.05, 0) is 62.4 Å². The standard InChI is InChI=1S/C22H19Cl2N3O3/c1-13-10-17(12-25-26-21(28)16-6-9-19(23)20(24)11-16)14(2)27(13)18-7-4-15(5-8-18)22(29)30-3/h4-12H,1-3H3,(H,26,28)/b25-12-. The lowest BCUT2D eigenvalue weighted by molar-refractivity contribution is 0.0600. The van der Waals surface area contributed by atoms with Crippen LogP contribution in [0.2, 0.25) is 10.0 Å². The summed E-state index contributed by atoms with van der Waals surface area (Å²) in [5.41, 5.74) is 6.99. The van der Waals surface area contributed by atoms with Crippen LogP contribution < -0.4 is 5.43 Å². The average Bonchev–Trinajstić information content (AvgIpc) is 3.02. The van der Waals surface area contributed by atoms with E-state index in [9.17, 15) is 9.59 Å². The Labute approximate surface area is 184 Å². The first-order valence-electron chi connectivity index (χ1n) is 8.98. The molecule has 2 aromatic carbocycles. The number of rotatable bonds is 5. The Bertz CT molecular complexity index is 1140. The highest BCUT2D eigenvalue weighted by atomic mass is 35.5. The zero-order valence-corrected chi connectivity index (χ0v) is 18.1. The van der Waals surface area contributed by atoms with Crippen molar-refractivity contribution in [3.8, 4) is 5.69 Å². The highest BCUT2D eigenvalue weighted by Crippen LogP contribution is 2.23. The van der Waals surface area contributed by atoms with Gasteiger partial charge in [0.2, 0.25) is 0 Å². The molecule has 6 nitrogen and oxygen atoms in total. The molecule has 8 heteroatoms. The summed E-state index contributed by atoms with van der Waals surface area (Å²) in [6.45, 7) is 3.91. The first-order valence-corrected chi connectivity index (χ1v) is 9.73. The minimum atomic E-state index is -0.392. The van der Waals surface area contributed by atoms with Crippen LogP contribution in [0.15, 0.2) is 53.6 Å². The zero-order valence-electron chi connectivity index (χ0n) is 16.6. The highest BCUT2D eigenvalue weighted by Gasteiger charge is 2.12. The molecule has 0 unspecified atom stereocenters. The normalized spacial score (nSPS) is 11.0. The van der Waals surface area contributed by atoms with E-state index in [1.807, 2.05) is 36.6 Å². The van der Waals surface area contributed by atoms with Gasteiger partial charge in [-0.3, -0.25) is 4.79 Å². The molecular formula is C22H19Cl2N3O3. The first-order chi connectivity index (χ1) is 14.3. The third-order valence-corrected chi connectivity index (χ3v) is 5.31. The molecule has 1 aromatic heterocycles. The molecule has 0 bridgehead atoms. The van der Waals surface area contributed by atoms with E-state index in [1.165, 1.54) is 13.2 Å². The topological polar surface area (TPSA) is 72.7 Å². The molecule has 0 aliphatic carbocycles. The first kappa shape index (κ1) is 21.6. The molecule has 0 aliphatic heterocycles.